The van der Waals surface area contributed by atoms with Crippen molar-refractivity contribution in [2.24, 2.45) is 5.92 Å². The first kappa shape index (κ1) is 21.5. The predicted molar refractivity (Wildman–Crippen MR) is 119 cm³/mol. The molecule has 2 saturated heterocycles. The van der Waals surface area contributed by atoms with Crippen LogP contribution in [0.15, 0.2) is 41.9 Å². The van der Waals surface area contributed by atoms with Crippen molar-refractivity contribution >= 4 is 29.2 Å². The summed E-state index contributed by atoms with van der Waals surface area (Å²) >= 11 is 1.45. The molecule has 4 heterocycles. The number of urea groups is 1. The second-order valence-electron chi connectivity index (χ2n) is 8.22. The summed E-state index contributed by atoms with van der Waals surface area (Å²) in [5.74, 6) is -0.0498. The Morgan fingerprint density at radius 3 is 2.68 bits per heavy atom. The fourth-order valence-electron chi connectivity index (χ4n) is 4.80. The van der Waals surface area contributed by atoms with Crippen LogP contribution in [0, 0.1) is 5.92 Å². The van der Waals surface area contributed by atoms with Gasteiger partial charge >= 0.3 is 6.03 Å². The maximum absolute atomic E-state index is 13.5. The van der Waals surface area contributed by atoms with Crippen LogP contribution in [0.1, 0.15) is 48.0 Å². The van der Waals surface area contributed by atoms with Gasteiger partial charge in [0.15, 0.2) is 0 Å². The van der Waals surface area contributed by atoms with E-state index in [0.29, 0.717) is 45.3 Å². The molecule has 0 radical (unpaired) electrons. The first-order chi connectivity index (χ1) is 15.0. The van der Waals surface area contributed by atoms with Gasteiger partial charge in [0.05, 0.1) is 4.88 Å². The van der Waals surface area contributed by atoms with E-state index in [4.69, 9.17) is 0 Å². The molecule has 1 atom stereocenters. The van der Waals surface area contributed by atoms with Crippen molar-refractivity contribution in [2.45, 2.75) is 44.6 Å². The molecule has 4 rings (SSSR count). The van der Waals surface area contributed by atoms with Crippen LogP contribution in [0.5, 0.6) is 0 Å². The molecular weight excluding hydrogens is 412 g/mol. The summed E-state index contributed by atoms with van der Waals surface area (Å²) in [6.07, 6.45) is 5.08. The van der Waals surface area contributed by atoms with E-state index in [1.165, 1.54) is 16.2 Å². The molecule has 2 aliphatic heterocycles. The molecule has 0 spiro atoms. The van der Waals surface area contributed by atoms with Crippen LogP contribution in [0.3, 0.4) is 0 Å². The highest BCUT2D eigenvalue weighted by atomic mass is 32.1. The van der Waals surface area contributed by atoms with Crippen molar-refractivity contribution in [1.82, 2.24) is 20.1 Å². The molecule has 164 valence electrons. The van der Waals surface area contributed by atoms with Gasteiger partial charge in [-0.05, 0) is 48.8 Å². The van der Waals surface area contributed by atoms with E-state index in [1.54, 1.807) is 6.20 Å². The Labute approximate surface area is 186 Å². The van der Waals surface area contributed by atoms with Crippen molar-refractivity contribution in [1.29, 1.82) is 0 Å². The first-order valence-corrected chi connectivity index (χ1v) is 11.8. The minimum absolute atomic E-state index is 0.0242. The van der Waals surface area contributed by atoms with Crippen LogP contribution in [0.2, 0.25) is 0 Å². The number of nitrogens with one attached hydrogen (secondary N) is 1. The Morgan fingerprint density at radius 2 is 2.03 bits per heavy atom. The molecule has 31 heavy (non-hydrogen) atoms. The zero-order valence-corrected chi connectivity index (χ0v) is 18.6. The van der Waals surface area contributed by atoms with Crippen molar-refractivity contribution in [3.63, 3.8) is 0 Å². The number of piperidine rings is 1. The lowest BCUT2D eigenvalue weighted by Crippen LogP contribution is -2.56. The third-order valence-corrected chi connectivity index (χ3v) is 7.23. The van der Waals surface area contributed by atoms with Gasteiger partial charge in [-0.2, -0.15) is 0 Å². The lowest BCUT2D eigenvalue weighted by Gasteiger charge is -2.40. The second-order valence-corrected chi connectivity index (χ2v) is 9.17. The number of aromatic nitrogens is 1. The number of nitrogens with zero attached hydrogens (tertiary/aromatic N) is 3. The number of imide groups is 1. The Hall–Kier alpha value is -2.74. The molecule has 2 fully saturated rings. The normalized spacial score (nSPS) is 22.1. The van der Waals surface area contributed by atoms with E-state index < -0.39 is 5.54 Å². The van der Waals surface area contributed by atoms with Gasteiger partial charge < -0.3 is 10.2 Å². The summed E-state index contributed by atoms with van der Waals surface area (Å²) in [7, 11) is 0. The van der Waals surface area contributed by atoms with Gasteiger partial charge in [-0.25, -0.2) is 4.79 Å². The second kappa shape index (κ2) is 9.18. The third-order valence-electron chi connectivity index (χ3n) is 6.38. The SMILES string of the molecule is CCCC1(C2CCN(C(=O)c3cccs3)CC2)NC(=O)N(CCc2ccccn2)C1=O. The standard InChI is InChI=1S/C23H28N4O3S/c1-2-11-23(17-8-13-26(14-9-17)20(28)19-7-5-16-31-19)21(29)27(22(30)25-23)15-10-18-6-3-4-12-24-18/h3-7,12,16-17H,2,8-11,13-15H2,1H3,(H,25,30). The molecule has 1 N–H and O–H groups in total. The van der Waals surface area contributed by atoms with Gasteiger partial charge in [0.2, 0.25) is 0 Å². The molecule has 0 bridgehead atoms. The lowest BCUT2D eigenvalue weighted by molar-refractivity contribution is -0.134. The summed E-state index contributed by atoms with van der Waals surface area (Å²) in [4.78, 5) is 47.2. The number of hydrogen-bond donors (Lipinski definition) is 1. The molecule has 0 aromatic carbocycles. The third kappa shape index (κ3) is 4.21. The quantitative estimate of drug-likeness (QED) is 0.670. The highest BCUT2D eigenvalue weighted by molar-refractivity contribution is 7.12. The maximum Gasteiger partial charge on any atom is 0.325 e. The van der Waals surface area contributed by atoms with Gasteiger partial charge in [0, 0.05) is 37.9 Å². The van der Waals surface area contributed by atoms with Crippen molar-refractivity contribution in [3.05, 3.63) is 52.5 Å². The van der Waals surface area contributed by atoms with Gasteiger partial charge in [0.1, 0.15) is 5.54 Å². The molecule has 1 unspecified atom stereocenters. The van der Waals surface area contributed by atoms with Crippen molar-refractivity contribution in [2.75, 3.05) is 19.6 Å². The monoisotopic (exact) mass is 440 g/mol. The summed E-state index contributed by atoms with van der Waals surface area (Å²) in [5.41, 5.74) is -0.00918. The molecule has 7 nitrogen and oxygen atoms in total. The summed E-state index contributed by atoms with van der Waals surface area (Å²) in [5, 5.41) is 4.97. The molecular formula is C23H28N4O3S. The van der Waals surface area contributed by atoms with Crippen molar-refractivity contribution in [3.8, 4) is 0 Å². The number of pyridine rings is 1. The Bertz CT molecular complexity index is 926. The summed E-state index contributed by atoms with van der Waals surface area (Å²) in [6.45, 7) is 3.56. The molecule has 0 aliphatic carbocycles. The van der Waals surface area contributed by atoms with Crippen LogP contribution in [-0.2, 0) is 11.2 Å². The topological polar surface area (TPSA) is 82.6 Å². The van der Waals surface area contributed by atoms with Crippen LogP contribution in [0.25, 0.3) is 0 Å². The molecule has 2 aromatic heterocycles. The van der Waals surface area contributed by atoms with E-state index in [-0.39, 0.29) is 23.8 Å². The van der Waals surface area contributed by atoms with Crippen LogP contribution in [0.4, 0.5) is 4.79 Å². The van der Waals surface area contributed by atoms with Crippen LogP contribution >= 0.6 is 11.3 Å². The van der Waals surface area contributed by atoms with Crippen LogP contribution < -0.4 is 5.32 Å². The van der Waals surface area contributed by atoms with E-state index in [0.717, 1.165) is 17.0 Å². The summed E-state index contributed by atoms with van der Waals surface area (Å²) in [6, 6.07) is 9.06. The van der Waals surface area contributed by atoms with E-state index in [1.807, 2.05) is 47.5 Å². The Kier molecular flexibility index (Phi) is 6.36. The number of thiophene rings is 1. The van der Waals surface area contributed by atoms with E-state index in [2.05, 4.69) is 10.3 Å². The van der Waals surface area contributed by atoms with Gasteiger partial charge in [-0.1, -0.05) is 25.5 Å². The summed E-state index contributed by atoms with van der Waals surface area (Å²) < 4.78 is 0. The number of carbonyl (C=O) groups is 3. The fourth-order valence-corrected chi connectivity index (χ4v) is 5.49. The Balaban J connectivity index is 1.44. The minimum atomic E-state index is -0.867. The zero-order chi connectivity index (χ0) is 21.8. The average Bonchev–Trinajstić information content (AvgIpc) is 3.41. The average molecular weight is 441 g/mol. The predicted octanol–water partition coefficient (Wildman–Crippen LogP) is 3.33. The molecule has 2 aliphatic rings. The molecule has 2 aromatic rings. The highest BCUT2D eigenvalue weighted by Gasteiger charge is 2.55. The number of hydrogen-bond acceptors (Lipinski definition) is 5. The number of carbonyl (C=O) groups excluding carboxylic acids is 3. The lowest BCUT2D eigenvalue weighted by atomic mass is 9.74. The van der Waals surface area contributed by atoms with Gasteiger partial charge in [-0.15, -0.1) is 11.3 Å². The minimum Gasteiger partial charge on any atom is -0.338 e. The first-order valence-electron chi connectivity index (χ1n) is 10.9. The van der Waals surface area contributed by atoms with E-state index in [9.17, 15) is 14.4 Å². The molecule has 0 saturated carbocycles. The Morgan fingerprint density at radius 1 is 1.23 bits per heavy atom. The number of likely N-dealkylation sites (tertiary alicyclic amines) is 1. The molecule has 4 amide bonds. The van der Waals surface area contributed by atoms with E-state index >= 15 is 0 Å². The number of amides is 4. The fraction of sp³-hybridized carbons (Fsp3) is 0.478. The zero-order valence-electron chi connectivity index (χ0n) is 17.8. The van der Waals surface area contributed by atoms with Gasteiger partial charge in [0.25, 0.3) is 11.8 Å². The smallest absolute Gasteiger partial charge is 0.325 e. The molecule has 8 heteroatoms. The van der Waals surface area contributed by atoms with Gasteiger partial charge in [-0.3, -0.25) is 19.5 Å². The highest BCUT2D eigenvalue weighted by Crippen LogP contribution is 2.37. The van der Waals surface area contributed by atoms with Crippen molar-refractivity contribution < 1.29 is 14.4 Å². The van der Waals surface area contributed by atoms with Crippen LogP contribution in [-0.4, -0.2) is 57.8 Å². The number of rotatable bonds is 7. The largest absolute Gasteiger partial charge is 0.338 e. The maximum atomic E-state index is 13.5.